The monoisotopic (exact) mass is 413 g/mol. The van der Waals surface area contributed by atoms with Crippen LogP contribution in [-0.2, 0) is 4.79 Å². The molecule has 0 saturated carbocycles. The summed E-state index contributed by atoms with van der Waals surface area (Å²) in [6.45, 7) is 3.90. The van der Waals surface area contributed by atoms with Crippen LogP contribution in [0, 0.1) is 6.92 Å². The molecule has 1 aromatic heterocycles. The normalized spacial score (nSPS) is 11.7. The maximum atomic E-state index is 12.5. The quantitative estimate of drug-likeness (QED) is 0.568. The molecule has 2 aromatic carbocycles. The van der Waals surface area contributed by atoms with Gasteiger partial charge >= 0.3 is 0 Å². The van der Waals surface area contributed by atoms with Crippen LogP contribution in [0.25, 0.3) is 5.69 Å². The molecule has 1 atom stereocenters. The van der Waals surface area contributed by atoms with E-state index < -0.39 is 0 Å². The SMILES string of the molecule is COc1ccc(OC)c(C(C)NC(=O)CSc2nnnn2-c2cccc(C)c2)c1. The maximum Gasteiger partial charge on any atom is 0.230 e. The lowest BCUT2D eigenvalue weighted by Crippen LogP contribution is -2.28. The molecule has 1 unspecified atom stereocenters. The lowest BCUT2D eigenvalue weighted by atomic mass is 10.1. The molecule has 0 radical (unpaired) electrons. The first-order valence-electron chi connectivity index (χ1n) is 9.01. The van der Waals surface area contributed by atoms with Gasteiger partial charge in [-0.1, -0.05) is 23.9 Å². The molecule has 0 saturated heterocycles. The number of thioether (sulfide) groups is 1. The van der Waals surface area contributed by atoms with E-state index >= 15 is 0 Å². The van der Waals surface area contributed by atoms with Crippen molar-refractivity contribution in [2.24, 2.45) is 0 Å². The molecule has 0 aliphatic heterocycles. The molecule has 0 spiro atoms. The van der Waals surface area contributed by atoms with Gasteiger partial charge in [0.05, 0.1) is 31.7 Å². The van der Waals surface area contributed by atoms with Gasteiger partial charge in [-0.15, -0.1) is 5.10 Å². The van der Waals surface area contributed by atoms with Crippen LogP contribution in [0.15, 0.2) is 47.6 Å². The number of tetrazole rings is 1. The number of methoxy groups -OCH3 is 2. The van der Waals surface area contributed by atoms with E-state index in [1.807, 2.05) is 56.3 Å². The predicted molar refractivity (Wildman–Crippen MR) is 111 cm³/mol. The summed E-state index contributed by atoms with van der Waals surface area (Å²) in [5.41, 5.74) is 2.80. The van der Waals surface area contributed by atoms with Crippen molar-refractivity contribution in [3.05, 3.63) is 53.6 Å². The average molecular weight is 414 g/mol. The number of carbonyl (C=O) groups is 1. The van der Waals surface area contributed by atoms with Gasteiger partial charge in [-0.05, 0) is 60.2 Å². The van der Waals surface area contributed by atoms with Gasteiger partial charge in [0.15, 0.2) is 0 Å². The fourth-order valence-electron chi connectivity index (χ4n) is 2.86. The van der Waals surface area contributed by atoms with Crippen molar-refractivity contribution in [1.29, 1.82) is 0 Å². The molecule has 3 aromatic rings. The van der Waals surface area contributed by atoms with E-state index in [-0.39, 0.29) is 17.7 Å². The van der Waals surface area contributed by atoms with E-state index in [2.05, 4.69) is 20.8 Å². The fraction of sp³-hybridized carbons (Fsp3) is 0.300. The third kappa shape index (κ3) is 5.05. The van der Waals surface area contributed by atoms with Crippen LogP contribution >= 0.6 is 11.8 Å². The van der Waals surface area contributed by atoms with E-state index in [1.165, 1.54) is 11.8 Å². The number of amides is 1. The topological polar surface area (TPSA) is 91.2 Å². The first kappa shape index (κ1) is 20.7. The second kappa shape index (κ2) is 9.42. The van der Waals surface area contributed by atoms with Gasteiger partial charge in [-0.2, -0.15) is 4.68 Å². The van der Waals surface area contributed by atoms with Crippen LogP contribution in [0.4, 0.5) is 0 Å². The Kier molecular flexibility index (Phi) is 6.71. The van der Waals surface area contributed by atoms with Crippen molar-refractivity contribution >= 4 is 17.7 Å². The number of nitrogens with one attached hydrogen (secondary N) is 1. The summed E-state index contributed by atoms with van der Waals surface area (Å²) in [5, 5.41) is 15.3. The highest BCUT2D eigenvalue weighted by molar-refractivity contribution is 7.99. The Balaban J connectivity index is 1.65. The molecule has 1 heterocycles. The minimum absolute atomic E-state index is 0.133. The average Bonchev–Trinajstić information content (AvgIpc) is 3.20. The van der Waals surface area contributed by atoms with Crippen molar-refractivity contribution in [2.45, 2.75) is 25.0 Å². The molecule has 0 aliphatic carbocycles. The minimum Gasteiger partial charge on any atom is -0.497 e. The molecule has 8 nitrogen and oxygen atoms in total. The number of aromatic nitrogens is 4. The van der Waals surface area contributed by atoms with Gasteiger partial charge in [-0.3, -0.25) is 4.79 Å². The molecular weight excluding hydrogens is 390 g/mol. The summed E-state index contributed by atoms with van der Waals surface area (Å²) in [6, 6.07) is 13.1. The molecule has 3 rings (SSSR count). The summed E-state index contributed by atoms with van der Waals surface area (Å²) in [5.74, 6) is 1.44. The lowest BCUT2D eigenvalue weighted by molar-refractivity contribution is -0.119. The molecule has 9 heteroatoms. The molecule has 0 fully saturated rings. The Labute approximate surface area is 173 Å². The number of nitrogens with zero attached hydrogens (tertiary/aromatic N) is 4. The van der Waals surface area contributed by atoms with Crippen molar-refractivity contribution < 1.29 is 14.3 Å². The van der Waals surface area contributed by atoms with Crippen LogP contribution < -0.4 is 14.8 Å². The third-order valence-electron chi connectivity index (χ3n) is 4.30. The second-order valence-electron chi connectivity index (χ2n) is 6.40. The van der Waals surface area contributed by atoms with Crippen molar-refractivity contribution in [3.8, 4) is 17.2 Å². The number of benzene rings is 2. The fourth-order valence-corrected chi connectivity index (χ4v) is 3.56. The highest BCUT2D eigenvalue weighted by Gasteiger charge is 2.17. The predicted octanol–water partition coefficient (Wildman–Crippen LogP) is 2.96. The third-order valence-corrected chi connectivity index (χ3v) is 5.22. The van der Waals surface area contributed by atoms with Gasteiger partial charge in [0.25, 0.3) is 0 Å². The standard InChI is InChI=1S/C20H23N5O3S/c1-13-6-5-7-15(10-13)25-20(22-23-24-25)29-12-19(26)21-14(2)17-11-16(27-3)8-9-18(17)28-4/h5-11,14H,12H2,1-4H3,(H,21,26). The summed E-state index contributed by atoms with van der Waals surface area (Å²) in [4.78, 5) is 12.5. The molecule has 152 valence electrons. The van der Waals surface area contributed by atoms with E-state index in [4.69, 9.17) is 9.47 Å². The number of ether oxygens (including phenoxy) is 2. The minimum atomic E-state index is -0.249. The van der Waals surface area contributed by atoms with Gasteiger partial charge in [0.2, 0.25) is 11.1 Å². The van der Waals surface area contributed by atoms with E-state index in [9.17, 15) is 4.79 Å². The van der Waals surface area contributed by atoms with Crippen LogP contribution in [0.1, 0.15) is 24.1 Å². The summed E-state index contributed by atoms with van der Waals surface area (Å²) < 4.78 is 12.3. The Morgan fingerprint density at radius 1 is 1.21 bits per heavy atom. The summed E-state index contributed by atoms with van der Waals surface area (Å²) in [7, 11) is 3.20. The highest BCUT2D eigenvalue weighted by Crippen LogP contribution is 2.29. The number of aryl methyl sites for hydroxylation is 1. The largest absolute Gasteiger partial charge is 0.497 e. The van der Waals surface area contributed by atoms with Crippen LogP contribution in [-0.4, -0.2) is 46.1 Å². The molecular formula is C20H23N5O3S. The zero-order chi connectivity index (χ0) is 20.8. The summed E-state index contributed by atoms with van der Waals surface area (Å²) in [6.07, 6.45) is 0. The Morgan fingerprint density at radius 3 is 2.76 bits per heavy atom. The van der Waals surface area contributed by atoms with Crippen LogP contribution in [0.2, 0.25) is 0 Å². The molecule has 29 heavy (non-hydrogen) atoms. The highest BCUT2D eigenvalue weighted by atomic mass is 32.2. The molecule has 0 bridgehead atoms. The number of rotatable bonds is 8. The zero-order valence-electron chi connectivity index (χ0n) is 16.7. The van der Waals surface area contributed by atoms with E-state index in [1.54, 1.807) is 18.9 Å². The van der Waals surface area contributed by atoms with Crippen molar-refractivity contribution in [2.75, 3.05) is 20.0 Å². The van der Waals surface area contributed by atoms with E-state index in [0.717, 1.165) is 16.8 Å². The smallest absolute Gasteiger partial charge is 0.230 e. The first-order chi connectivity index (χ1) is 14.0. The Bertz CT molecular complexity index is 992. The van der Waals surface area contributed by atoms with Gasteiger partial charge in [0, 0.05) is 5.56 Å². The Hall–Kier alpha value is -3.07. The molecule has 1 N–H and O–H groups in total. The Morgan fingerprint density at radius 2 is 2.03 bits per heavy atom. The molecule has 1 amide bonds. The van der Waals surface area contributed by atoms with Crippen LogP contribution in [0.5, 0.6) is 11.5 Å². The second-order valence-corrected chi connectivity index (χ2v) is 7.34. The first-order valence-corrected chi connectivity index (χ1v) is 10.00. The van der Waals surface area contributed by atoms with Crippen molar-refractivity contribution in [3.63, 3.8) is 0 Å². The van der Waals surface area contributed by atoms with Gasteiger partial charge in [0.1, 0.15) is 11.5 Å². The van der Waals surface area contributed by atoms with Gasteiger partial charge < -0.3 is 14.8 Å². The number of hydrogen-bond acceptors (Lipinski definition) is 7. The molecule has 0 aliphatic rings. The van der Waals surface area contributed by atoms with Gasteiger partial charge in [-0.25, -0.2) is 0 Å². The summed E-state index contributed by atoms with van der Waals surface area (Å²) >= 11 is 1.28. The van der Waals surface area contributed by atoms with Crippen molar-refractivity contribution in [1.82, 2.24) is 25.5 Å². The van der Waals surface area contributed by atoms with Crippen LogP contribution in [0.3, 0.4) is 0 Å². The zero-order valence-corrected chi connectivity index (χ0v) is 17.6. The maximum absolute atomic E-state index is 12.5. The number of carbonyl (C=O) groups excluding carboxylic acids is 1. The van der Waals surface area contributed by atoms with E-state index in [0.29, 0.717) is 16.7 Å². The lowest BCUT2D eigenvalue weighted by Gasteiger charge is -2.18. The number of hydrogen-bond donors (Lipinski definition) is 1.